The van der Waals surface area contributed by atoms with Gasteiger partial charge in [0.1, 0.15) is 10.6 Å². The van der Waals surface area contributed by atoms with Gasteiger partial charge >= 0.3 is 16.2 Å². The summed E-state index contributed by atoms with van der Waals surface area (Å²) in [6.07, 6.45) is -0.703. The highest BCUT2D eigenvalue weighted by molar-refractivity contribution is 7.87. The molecular formula is C17H16N4O7S2. The minimum absolute atomic E-state index is 0.0468. The Labute approximate surface area is 172 Å². The molecule has 1 aromatic heterocycles. The van der Waals surface area contributed by atoms with Crippen LogP contribution < -0.4 is 14.8 Å². The fraction of sp³-hybridized carbons (Fsp3) is 0.118. The Kier molecular flexibility index (Phi) is 6.23. The first-order valence-corrected chi connectivity index (χ1v) is 10.9. The van der Waals surface area contributed by atoms with Gasteiger partial charge in [0.2, 0.25) is 16.2 Å². The molecule has 0 aliphatic rings. The van der Waals surface area contributed by atoms with Crippen molar-refractivity contribution < 1.29 is 30.6 Å². The van der Waals surface area contributed by atoms with E-state index in [1.54, 1.807) is 0 Å². The third-order valence-electron chi connectivity index (χ3n) is 3.73. The van der Waals surface area contributed by atoms with E-state index in [-0.39, 0.29) is 23.1 Å². The van der Waals surface area contributed by atoms with Crippen LogP contribution in [0.15, 0.2) is 47.4 Å². The molecule has 0 saturated heterocycles. The molecule has 3 N–H and O–H groups in total. The molecule has 13 heteroatoms. The monoisotopic (exact) mass is 452 g/mol. The summed E-state index contributed by atoms with van der Waals surface area (Å²) < 4.78 is 55.6. The smallest absolute Gasteiger partial charge is 0.413 e. The van der Waals surface area contributed by atoms with Crippen molar-refractivity contribution in [1.29, 1.82) is 0 Å². The summed E-state index contributed by atoms with van der Waals surface area (Å²) in [6.45, 7) is 0.0791. The van der Waals surface area contributed by atoms with Gasteiger partial charge in [-0.2, -0.15) is 16.8 Å². The lowest BCUT2D eigenvalue weighted by atomic mass is 10.3. The lowest BCUT2D eigenvalue weighted by molar-refractivity contribution is 0.186. The molecule has 2 aromatic carbocycles. The molecule has 30 heavy (non-hydrogen) atoms. The van der Waals surface area contributed by atoms with Crippen LogP contribution in [-0.4, -0.2) is 51.9 Å². The maximum atomic E-state index is 12.5. The first-order chi connectivity index (χ1) is 14.3. The van der Waals surface area contributed by atoms with Crippen LogP contribution >= 0.6 is 0 Å². The highest BCUT2D eigenvalue weighted by atomic mass is 32.2. The van der Waals surface area contributed by atoms with Crippen molar-refractivity contribution in [3.05, 3.63) is 42.5 Å². The fourth-order valence-corrected chi connectivity index (χ4v) is 3.53. The molecule has 0 saturated carbocycles. The van der Waals surface area contributed by atoms with Gasteiger partial charge in [-0.15, -0.1) is 0 Å². The summed E-state index contributed by atoms with van der Waals surface area (Å²) >= 11 is 0. The van der Waals surface area contributed by atoms with E-state index >= 15 is 0 Å². The molecule has 0 unspecified atom stereocenters. The summed E-state index contributed by atoms with van der Waals surface area (Å²) in [5.41, 5.74) is 1.47. The largest absolute Gasteiger partial charge is 0.453 e. The molecule has 0 aliphatic carbocycles. The molecule has 1 heterocycles. The Bertz CT molecular complexity index is 1310. The summed E-state index contributed by atoms with van der Waals surface area (Å²) in [6, 6.07) is 10.0. The molecule has 0 fully saturated rings. The quantitative estimate of drug-likeness (QED) is 0.358. The number of ether oxygens (including phenoxy) is 1. The topological polar surface area (TPSA) is 157 Å². The summed E-state index contributed by atoms with van der Waals surface area (Å²) in [7, 11) is -5.17. The van der Waals surface area contributed by atoms with Crippen molar-refractivity contribution in [2.45, 2.75) is 4.90 Å². The molecule has 0 atom stereocenters. The average Bonchev–Trinajstić information content (AvgIpc) is 3.09. The van der Waals surface area contributed by atoms with Gasteiger partial charge in [0.25, 0.3) is 0 Å². The van der Waals surface area contributed by atoms with Crippen molar-refractivity contribution in [3.63, 3.8) is 0 Å². The normalized spacial score (nSPS) is 11.0. The second-order valence-corrected chi connectivity index (χ2v) is 8.15. The molecule has 0 aliphatic heterocycles. The average molecular weight is 452 g/mol. The molecule has 0 bridgehead atoms. The van der Waals surface area contributed by atoms with Gasteiger partial charge in [-0.05, 0) is 36.4 Å². The Morgan fingerprint density at radius 1 is 1.20 bits per heavy atom. The number of carbonyl (C=O) groups excluding carboxylic acids is 1. The van der Waals surface area contributed by atoms with Crippen molar-refractivity contribution in [2.24, 2.45) is 0 Å². The minimum Gasteiger partial charge on any atom is -0.453 e. The first kappa shape index (κ1) is 21.1. The van der Waals surface area contributed by atoms with Crippen LogP contribution in [0.25, 0.3) is 11.0 Å². The van der Waals surface area contributed by atoms with Crippen molar-refractivity contribution in [1.82, 2.24) is 9.97 Å². The number of rotatable bonds is 7. The number of methoxy groups -OCH3 is 1. The van der Waals surface area contributed by atoms with Gasteiger partial charge in [-0.1, -0.05) is 0 Å². The number of nitrogens with one attached hydrogen (secondary N) is 3. The maximum Gasteiger partial charge on any atom is 0.413 e. The Morgan fingerprint density at radius 2 is 1.93 bits per heavy atom. The predicted molar refractivity (Wildman–Crippen MR) is 110 cm³/mol. The summed E-state index contributed by atoms with van der Waals surface area (Å²) in [4.78, 5) is 18.1. The van der Waals surface area contributed by atoms with E-state index in [2.05, 4.69) is 25.3 Å². The standard InChI is InChI=1S/C17H16N4O7S2/c1-27-17(22)21-16-19-14-7-4-12(10-15(14)20-16)28-30(25,26)13-5-2-11(3-6-13)18-8-9-29(23)24/h2-7,9-10,18H,8H2,1H3,(H2,19,20,21,22). The van der Waals surface area contributed by atoms with Crippen LogP contribution in [0.5, 0.6) is 5.75 Å². The second kappa shape index (κ2) is 8.84. The van der Waals surface area contributed by atoms with Crippen LogP contribution in [-0.2, 0) is 25.1 Å². The van der Waals surface area contributed by atoms with Crippen molar-refractivity contribution >= 4 is 54.5 Å². The van der Waals surface area contributed by atoms with Gasteiger partial charge in [0.15, 0.2) is 0 Å². The van der Waals surface area contributed by atoms with Gasteiger partial charge in [-0.3, -0.25) is 5.32 Å². The van der Waals surface area contributed by atoms with E-state index < -0.39 is 26.5 Å². The first-order valence-electron chi connectivity index (χ1n) is 8.31. The van der Waals surface area contributed by atoms with Gasteiger partial charge in [0, 0.05) is 18.3 Å². The zero-order valence-corrected chi connectivity index (χ0v) is 17.1. The Balaban J connectivity index is 1.74. The zero-order valence-electron chi connectivity index (χ0n) is 15.4. The number of anilines is 2. The number of amides is 1. The van der Waals surface area contributed by atoms with Crippen molar-refractivity contribution in [3.8, 4) is 5.75 Å². The predicted octanol–water partition coefficient (Wildman–Crippen LogP) is 1.60. The minimum atomic E-state index is -4.11. The van der Waals surface area contributed by atoms with E-state index in [1.165, 1.54) is 49.6 Å². The van der Waals surface area contributed by atoms with Gasteiger partial charge < -0.3 is 19.2 Å². The maximum absolute atomic E-state index is 12.5. The molecule has 11 nitrogen and oxygen atoms in total. The third kappa shape index (κ3) is 5.27. The van der Waals surface area contributed by atoms with E-state index in [0.717, 1.165) is 5.37 Å². The number of hydrogen-bond acceptors (Lipinski definition) is 9. The van der Waals surface area contributed by atoms with Gasteiger partial charge in [0.05, 0.1) is 23.5 Å². The number of nitrogens with zero attached hydrogens (tertiary/aromatic N) is 1. The number of benzene rings is 2. The Hall–Kier alpha value is -3.58. The zero-order chi connectivity index (χ0) is 21.7. The number of H-pyrrole nitrogens is 1. The molecule has 3 aromatic rings. The van der Waals surface area contributed by atoms with E-state index in [0.29, 0.717) is 16.7 Å². The van der Waals surface area contributed by atoms with Crippen molar-refractivity contribution in [2.75, 3.05) is 24.3 Å². The van der Waals surface area contributed by atoms with Crippen LogP contribution in [0.4, 0.5) is 16.4 Å². The molecular weight excluding hydrogens is 436 g/mol. The summed E-state index contributed by atoms with van der Waals surface area (Å²) in [5, 5.41) is 6.21. The van der Waals surface area contributed by atoms with E-state index in [4.69, 9.17) is 4.18 Å². The van der Waals surface area contributed by atoms with Crippen LogP contribution in [0.1, 0.15) is 0 Å². The number of fused-ring (bicyclic) bond motifs is 1. The van der Waals surface area contributed by atoms with Crippen LogP contribution in [0.3, 0.4) is 0 Å². The lowest BCUT2D eigenvalue weighted by Gasteiger charge is -2.08. The number of carbonyl (C=O) groups is 1. The van der Waals surface area contributed by atoms with Crippen LogP contribution in [0.2, 0.25) is 0 Å². The van der Waals surface area contributed by atoms with Crippen LogP contribution in [0, 0.1) is 0 Å². The highest BCUT2D eigenvalue weighted by Crippen LogP contribution is 2.24. The number of aromatic nitrogens is 2. The molecule has 1 amide bonds. The second-order valence-electron chi connectivity index (χ2n) is 5.75. The summed E-state index contributed by atoms with van der Waals surface area (Å²) in [5.74, 6) is 0.184. The molecule has 3 rings (SSSR count). The molecule has 0 spiro atoms. The molecule has 158 valence electrons. The Morgan fingerprint density at radius 3 is 2.60 bits per heavy atom. The van der Waals surface area contributed by atoms with Gasteiger partial charge in [-0.25, -0.2) is 9.78 Å². The van der Waals surface area contributed by atoms with E-state index in [1.807, 2.05) is 0 Å². The molecule has 0 radical (unpaired) electrons. The highest BCUT2D eigenvalue weighted by Gasteiger charge is 2.17. The lowest BCUT2D eigenvalue weighted by Crippen LogP contribution is -2.11. The number of imidazole rings is 1. The number of aromatic amines is 1. The SMILES string of the molecule is COC(=O)Nc1nc2ccc(OS(=O)(=O)c3ccc(NCC=S(=O)=O)cc3)cc2[nH]1. The third-order valence-corrected chi connectivity index (χ3v) is 5.43. The van der Waals surface area contributed by atoms with E-state index in [9.17, 15) is 21.6 Å². The fourth-order valence-electron chi connectivity index (χ4n) is 2.39. The number of hydrogen-bond donors (Lipinski definition) is 3.